The first-order valence-electron chi connectivity index (χ1n) is 14.2. The fraction of sp³-hybridized carbons (Fsp3) is 0.250. The van der Waals surface area contributed by atoms with Crippen LogP contribution in [0.3, 0.4) is 0 Å². The highest BCUT2D eigenvalue weighted by molar-refractivity contribution is 6.34. The largest absolute Gasteiger partial charge is 0.437 e. The Morgan fingerprint density at radius 3 is 2.56 bits per heavy atom. The molecule has 2 aromatic carbocycles. The zero-order chi connectivity index (χ0) is 31.7. The van der Waals surface area contributed by atoms with Gasteiger partial charge in [-0.05, 0) is 55.1 Å². The molecule has 3 aromatic heterocycles. The summed E-state index contributed by atoms with van der Waals surface area (Å²) < 4.78 is 50.3. The van der Waals surface area contributed by atoms with Gasteiger partial charge in [0.05, 0.1) is 21.8 Å². The maximum Gasteiger partial charge on any atom is 0.416 e. The van der Waals surface area contributed by atoms with Crippen LogP contribution in [0, 0.1) is 0 Å². The number of ether oxygens (including phenoxy) is 1. The van der Waals surface area contributed by atoms with Crippen LogP contribution in [-0.4, -0.2) is 68.5 Å². The Bertz CT molecular complexity index is 1860. The minimum Gasteiger partial charge on any atom is -0.437 e. The Kier molecular flexibility index (Phi) is 8.45. The van der Waals surface area contributed by atoms with Gasteiger partial charge in [-0.15, -0.1) is 0 Å². The fourth-order valence-electron chi connectivity index (χ4n) is 5.19. The maximum atomic E-state index is 14.1. The molecule has 5 aromatic rings. The van der Waals surface area contributed by atoms with Gasteiger partial charge in [-0.2, -0.15) is 18.2 Å². The SMILES string of the molecule is CN1CCN(Cc2ccc(C(=O)Nc3cc(Oc4nc(-c5cccnc5)nc5ccn(C)c45)ccc3Cl)cc2C(F)(F)F)CC1. The normalized spacial score (nSPS) is 14.5. The number of hydrogen-bond donors (Lipinski definition) is 1. The highest BCUT2D eigenvalue weighted by Crippen LogP contribution is 2.36. The van der Waals surface area contributed by atoms with Crippen molar-refractivity contribution in [3.63, 3.8) is 0 Å². The number of amides is 1. The number of carbonyl (C=O) groups excluding carboxylic acids is 1. The fourth-order valence-corrected chi connectivity index (χ4v) is 5.35. The molecular formula is C32H29ClF3N7O2. The summed E-state index contributed by atoms with van der Waals surface area (Å²) in [6.07, 6.45) is 0.502. The summed E-state index contributed by atoms with van der Waals surface area (Å²) in [5.41, 5.74) is 1.30. The van der Waals surface area contributed by atoms with E-state index in [4.69, 9.17) is 16.3 Å². The highest BCUT2D eigenvalue weighted by atomic mass is 35.5. The van der Waals surface area contributed by atoms with Crippen LogP contribution >= 0.6 is 11.6 Å². The lowest BCUT2D eigenvalue weighted by molar-refractivity contribution is -0.138. The number of anilines is 1. The Morgan fingerprint density at radius 1 is 1.02 bits per heavy atom. The highest BCUT2D eigenvalue weighted by Gasteiger charge is 2.34. The number of alkyl halides is 3. The lowest BCUT2D eigenvalue weighted by Crippen LogP contribution is -2.44. The first-order chi connectivity index (χ1) is 21.5. The number of hydrogen-bond acceptors (Lipinski definition) is 7. The summed E-state index contributed by atoms with van der Waals surface area (Å²) in [6, 6.07) is 13.7. The van der Waals surface area contributed by atoms with E-state index in [2.05, 4.69) is 25.2 Å². The Labute approximate surface area is 262 Å². The van der Waals surface area contributed by atoms with E-state index in [0.29, 0.717) is 41.3 Å². The van der Waals surface area contributed by atoms with Gasteiger partial charge in [0, 0.05) is 75.6 Å². The van der Waals surface area contributed by atoms with Gasteiger partial charge in [0.25, 0.3) is 5.91 Å². The molecule has 0 bridgehead atoms. The number of benzene rings is 2. The molecule has 13 heteroatoms. The molecule has 1 saturated heterocycles. The molecular weight excluding hydrogens is 607 g/mol. The van der Waals surface area contributed by atoms with E-state index in [0.717, 1.165) is 19.2 Å². The second-order valence-corrected chi connectivity index (χ2v) is 11.3. The average Bonchev–Trinajstić information content (AvgIpc) is 3.40. The van der Waals surface area contributed by atoms with Crippen molar-refractivity contribution in [1.82, 2.24) is 29.3 Å². The molecule has 0 unspecified atom stereocenters. The van der Waals surface area contributed by atoms with Crippen molar-refractivity contribution >= 4 is 34.2 Å². The number of fused-ring (bicyclic) bond motifs is 1. The lowest BCUT2D eigenvalue weighted by atomic mass is 10.0. The topological polar surface area (TPSA) is 88.4 Å². The number of pyridine rings is 1. The summed E-state index contributed by atoms with van der Waals surface area (Å²) in [6.45, 7) is 3.05. The van der Waals surface area contributed by atoms with E-state index in [1.165, 1.54) is 24.3 Å². The lowest BCUT2D eigenvalue weighted by Gasteiger charge is -2.33. The molecule has 232 valence electrons. The predicted octanol–water partition coefficient (Wildman–Crippen LogP) is 6.49. The van der Waals surface area contributed by atoms with E-state index >= 15 is 0 Å². The Hall–Kier alpha value is -4.52. The number of rotatable bonds is 7. The van der Waals surface area contributed by atoms with Crippen LogP contribution in [0.15, 0.2) is 73.2 Å². The number of piperazine rings is 1. The van der Waals surface area contributed by atoms with Gasteiger partial charge < -0.3 is 19.5 Å². The molecule has 0 radical (unpaired) electrons. The third-order valence-corrected chi connectivity index (χ3v) is 8.00. The van der Waals surface area contributed by atoms with Gasteiger partial charge in [-0.3, -0.25) is 14.7 Å². The van der Waals surface area contributed by atoms with Crippen LogP contribution in [0.5, 0.6) is 11.6 Å². The zero-order valence-corrected chi connectivity index (χ0v) is 25.2. The number of halogens is 4. The molecule has 45 heavy (non-hydrogen) atoms. The summed E-state index contributed by atoms with van der Waals surface area (Å²) in [5.74, 6) is 0.232. The molecule has 1 fully saturated rings. The molecule has 1 N–H and O–H groups in total. The van der Waals surface area contributed by atoms with Gasteiger partial charge in [0.2, 0.25) is 5.88 Å². The number of aryl methyl sites for hydroxylation is 1. The van der Waals surface area contributed by atoms with Crippen LogP contribution in [0.4, 0.5) is 18.9 Å². The Morgan fingerprint density at radius 2 is 1.82 bits per heavy atom. The minimum absolute atomic E-state index is 0.125. The second-order valence-electron chi connectivity index (χ2n) is 10.9. The van der Waals surface area contributed by atoms with Crippen molar-refractivity contribution in [3.05, 3.63) is 94.9 Å². The van der Waals surface area contributed by atoms with Crippen molar-refractivity contribution in [2.24, 2.45) is 7.05 Å². The first kappa shape index (κ1) is 30.5. The molecule has 1 aliphatic rings. The molecule has 0 spiro atoms. The monoisotopic (exact) mass is 635 g/mol. The third-order valence-electron chi connectivity index (χ3n) is 7.68. The molecule has 4 heterocycles. The standard InChI is InChI=1S/C32H29ClF3N7O2/c1-41-12-14-43(15-13-41)19-22-6-5-20(16-24(22)32(34,35)36)30(44)39-27-17-23(7-8-25(27)33)45-31-28-26(9-11-42(28)2)38-29(40-31)21-4-3-10-37-18-21/h3-11,16-18H,12-15,19H2,1-2H3,(H,39,44). The molecule has 6 rings (SSSR count). The van der Waals surface area contributed by atoms with E-state index in [1.54, 1.807) is 24.5 Å². The predicted molar refractivity (Wildman–Crippen MR) is 165 cm³/mol. The number of likely N-dealkylation sites (N-methyl/N-ethyl adjacent to an activating group) is 1. The van der Waals surface area contributed by atoms with E-state index in [9.17, 15) is 18.0 Å². The molecule has 9 nitrogen and oxygen atoms in total. The maximum absolute atomic E-state index is 14.1. The summed E-state index contributed by atoms with van der Waals surface area (Å²) in [4.78, 5) is 30.7. The van der Waals surface area contributed by atoms with E-state index in [1.807, 2.05) is 41.9 Å². The van der Waals surface area contributed by atoms with Crippen LogP contribution in [-0.2, 0) is 19.8 Å². The number of nitrogens with zero attached hydrogens (tertiary/aromatic N) is 6. The van der Waals surface area contributed by atoms with Crippen molar-refractivity contribution in [3.8, 4) is 23.0 Å². The number of nitrogens with one attached hydrogen (secondary N) is 1. The average molecular weight is 636 g/mol. The zero-order valence-electron chi connectivity index (χ0n) is 24.5. The van der Waals surface area contributed by atoms with Crippen molar-refractivity contribution < 1.29 is 22.7 Å². The molecule has 0 aliphatic carbocycles. The number of aromatic nitrogens is 4. The minimum atomic E-state index is -4.63. The summed E-state index contributed by atoms with van der Waals surface area (Å²) in [5, 5.41) is 2.82. The molecule has 0 saturated carbocycles. The molecule has 1 amide bonds. The second kappa shape index (κ2) is 12.5. The van der Waals surface area contributed by atoms with Gasteiger partial charge in [-0.25, -0.2) is 4.98 Å². The van der Waals surface area contributed by atoms with E-state index < -0.39 is 17.6 Å². The van der Waals surface area contributed by atoms with Crippen molar-refractivity contribution in [2.75, 3.05) is 38.5 Å². The quantitative estimate of drug-likeness (QED) is 0.219. The smallest absolute Gasteiger partial charge is 0.416 e. The summed E-state index contributed by atoms with van der Waals surface area (Å²) >= 11 is 6.39. The molecule has 1 aliphatic heterocycles. The third kappa shape index (κ3) is 6.77. The van der Waals surface area contributed by atoms with Gasteiger partial charge in [0.1, 0.15) is 11.3 Å². The number of carbonyl (C=O) groups is 1. The van der Waals surface area contributed by atoms with Crippen LogP contribution in [0.2, 0.25) is 5.02 Å². The summed E-state index contributed by atoms with van der Waals surface area (Å²) in [7, 11) is 3.82. The first-order valence-corrected chi connectivity index (χ1v) is 14.6. The van der Waals surface area contributed by atoms with Crippen LogP contribution < -0.4 is 10.1 Å². The van der Waals surface area contributed by atoms with Crippen LogP contribution in [0.1, 0.15) is 21.5 Å². The van der Waals surface area contributed by atoms with Crippen molar-refractivity contribution in [2.45, 2.75) is 12.7 Å². The Balaban J connectivity index is 1.25. The van der Waals surface area contributed by atoms with Gasteiger partial charge >= 0.3 is 6.18 Å². The van der Waals surface area contributed by atoms with Crippen LogP contribution in [0.25, 0.3) is 22.4 Å². The molecule has 0 atom stereocenters. The van der Waals surface area contributed by atoms with Gasteiger partial charge in [-0.1, -0.05) is 17.7 Å². The van der Waals surface area contributed by atoms with E-state index in [-0.39, 0.29) is 34.3 Å². The van der Waals surface area contributed by atoms with Gasteiger partial charge in [0.15, 0.2) is 5.82 Å². The van der Waals surface area contributed by atoms with Crippen molar-refractivity contribution in [1.29, 1.82) is 0 Å².